The van der Waals surface area contributed by atoms with Gasteiger partial charge in [-0.15, -0.1) is 0 Å². The largest absolute Gasteiger partial charge is 0.449 e. The van der Waals surface area contributed by atoms with Crippen molar-refractivity contribution in [2.45, 2.75) is 32.4 Å². The van der Waals surface area contributed by atoms with E-state index in [4.69, 9.17) is 4.74 Å². The molecule has 0 saturated carbocycles. The molecular weight excluding hydrogens is 370 g/mol. The Balaban J connectivity index is 1.62. The third-order valence-corrected chi connectivity index (χ3v) is 5.17. The molecule has 7 heteroatoms. The molecule has 1 aromatic heterocycles. The average Bonchev–Trinajstić information content (AvgIpc) is 3.12. The molecule has 0 radical (unpaired) electrons. The number of nitrogens with zero attached hydrogens (tertiary/aromatic N) is 1. The normalized spacial score (nSPS) is 16.1. The van der Waals surface area contributed by atoms with Gasteiger partial charge in [-0.05, 0) is 39.0 Å². The summed E-state index contributed by atoms with van der Waals surface area (Å²) in [6.45, 7) is 4.83. The topological polar surface area (TPSA) is 91.5 Å². The molecule has 29 heavy (non-hydrogen) atoms. The van der Waals surface area contributed by atoms with Gasteiger partial charge < -0.3 is 15.0 Å². The number of benzene rings is 2. The number of para-hydroxylation sites is 3. The molecule has 2 amide bonds. The predicted molar refractivity (Wildman–Crippen MR) is 110 cm³/mol. The Bertz CT molecular complexity index is 1130. The van der Waals surface area contributed by atoms with Crippen molar-refractivity contribution in [3.63, 3.8) is 0 Å². The summed E-state index contributed by atoms with van der Waals surface area (Å²) in [6, 6.07) is 14.4. The SMILES string of the molecule is C[C@H](OC(=O)c1c[nH]c2ccccc12)C(=O)N1c2ccccc2NC(=O)C1(C)C. The summed E-state index contributed by atoms with van der Waals surface area (Å²) in [5.74, 6) is -1.37. The second kappa shape index (κ2) is 6.77. The van der Waals surface area contributed by atoms with Gasteiger partial charge in [0.25, 0.3) is 5.91 Å². The summed E-state index contributed by atoms with van der Waals surface area (Å²) < 4.78 is 5.48. The standard InChI is InChI=1S/C22H21N3O4/c1-13(29-20(27)15-12-23-16-9-5-4-8-14(15)16)19(26)25-18-11-7-6-10-17(18)24-21(28)22(25,2)3/h4-13,23H,1-3H3,(H,24,28)/t13-/m0/s1. The Kier molecular flexibility index (Phi) is 4.38. The lowest BCUT2D eigenvalue weighted by Crippen LogP contribution is -2.60. The lowest BCUT2D eigenvalue weighted by atomic mass is 9.95. The van der Waals surface area contributed by atoms with Crippen LogP contribution in [0.15, 0.2) is 54.7 Å². The molecule has 2 heterocycles. The van der Waals surface area contributed by atoms with E-state index in [0.29, 0.717) is 16.9 Å². The summed E-state index contributed by atoms with van der Waals surface area (Å²) in [6.07, 6.45) is 0.493. The van der Waals surface area contributed by atoms with Crippen LogP contribution in [0.5, 0.6) is 0 Å². The van der Waals surface area contributed by atoms with E-state index in [0.717, 1.165) is 10.9 Å². The third-order valence-electron chi connectivity index (χ3n) is 5.17. The maximum absolute atomic E-state index is 13.3. The van der Waals surface area contributed by atoms with Crippen LogP contribution in [-0.4, -0.2) is 34.4 Å². The summed E-state index contributed by atoms with van der Waals surface area (Å²) in [4.78, 5) is 42.9. The molecule has 1 aliphatic rings. The molecule has 7 nitrogen and oxygen atoms in total. The number of aromatic nitrogens is 1. The zero-order valence-electron chi connectivity index (χ0n) is 16.4. The first kappa shape index (κ1) is 18.7. The van der Waals surface area contributed by atoms with E-state index in [1.165, 1.54) is 11.8 Å². The Morgan fingerprint density at radius 2 is 1.76 bits per heavy atom. The average molecular weight is 391 g/mol. The van der Waals surface area contributed by atoms with Crippen LogP contribution in [0.3, 0.4) is 0 Å². The van der Waals surface area contributed by atoms with E-state index < -0.39 is 23.5 Å². The van der Waals surface area contributed by atoms with Gasteiger partial charge in [0, 0.05) is 17.1 Å². The first-order chi connectivity index (χ1) is 13.8. The van der Waals surface area contributed by atoms with Crippen LogP contribution in [0.25, 0.3) is 10.9 Å². The van der Waals surface area contributed by atoms with Gasteiger partial charge in [-0.2, -0.15) is 0 Å². The van der Waals surface area contributed by atoms with E-state index in [-0.39, 0.29) is 5.91 Å². The predicted octanol–water partition coefficient (Wildman–Crippen LogP) is 3.48. The minimum absolute atomic E-state index is 0.306. The van der Waals surface area contributed by atoms with E-state index in [9.17, 15) is 14.4 Å². The lowest BCUT2D eigenvalue weighted by Gasteiger charge is -2.42. The Morgan fingerprint density at radius 1 is 1.07 bits per heavy atom. The van der Waals surface area contributed by atoms with Crippen molar-refractivity contribution < 1.29 is 19.1 Å². The van der Waals surface area contributed by atoms with E-state index >= 15 is 0 Å². The van der Waals surface area contributed by atoms with Crippen LogP contribution in [0.1, 0.15) is 31.1 Å². The number of nitrogens with one attached hydrogen (secondary N) is 2. The monoisotopic (exact) mass is 391 g/mol. The number of H-pyrrole nitrogens is 1. The summed E-state index contributed by atoms with van der Waals surface area (Å²) in [5.41, 5.74) is 1.14. The molecule has 0 spiro atoms. The Labute approximate surface area is 167 Å². The van der Waals surface area contributed by atoms with Crippen LogP contribution in [0, 0.1) is 0 Å². The molecule has 148 valence electrons. The maximum atomic E-state index is 13.3. The first-order valence-electron chi connectivity index (χ1n) is 9.32. The Morgan fingerprint density at radius 3 is 2.55 bits per heavy atom. The fourth-order valence-electron chi connectivity index (χ4n) is 3.54. The summed E-state index contributed by atoms with van der Waals surface area (Å²) >= 11 is 0. The molecule has 0 saturated heterocycles. The minimum Gasteiger partial charge on any atom is -0.449 e. The van der Waals surface area contributed by atoms with Crippen LogP contribution in [0.2, 0.25) is 0 Å². The number of anilines is 2. The fourth-order valence-corrected chi connectivity index (χ4v) is 3.54. The fraction of sp³-hybridized carbons (Fsp3) is 0.227. The first-order valence-corrected chi connectivity index (χ1v) is 9.32. The number of aromatic amines is 1. The van der Waals surface area contributed by atoms with Gasteiger partial charge in [-0.1, -0.05) is 30.3 Å². The molecule has 2 aromatic carbocycles. The third kappa shape index (κ3) is 3.04. The highest BCUT2D eigenvalue weighted by molar-refractivity contribution is 6.15. The zero-order chi connectivity index (χ0) is 20.8. The van der Waals surface area contributed by atoms with Gasteiger partial charge in [0.05, 0.1) is 16.9 Å². The van der Waals surface area contributed by atoms with Crippen molar-refractivity contribution in [2.24, 2.45) is 0 Å². The lowest BCUT2D eigenvalue weighted by molar-refractivity contribution is -0.131. The summed E-state index contributed by atoms with van der Waals surface area (Å²) in [7, 11) is 0. The van der Waals surface area contributed by atoms with Gasteiger partial charge in [-0.25, -0.2) is 4.79 Å². The second-order valence-corrected chi connectivity index (χ2v) is 7.50. The second-order valence-electron chi connectivity index (χ2n) is 7.50. The van der Waals surface area contributed by atoms with Gasteiger partial charge in [0.15, 0.2) is 6.10 Å². The van der Waals surface area contributed by atoms with Gasteiger partial charge in [0.2, 0.25) is 5.91 Å². The Hall–Kier alpha value is -3.61. The molecule has 0 unspecified atom stereocenters. The molecular formula is C22H21N3O4. The van der Waals surface area contributed by atoms with Gasteiger partial charge in [0.1, 0.15) is 5.54 Å². The van der Waals surface area contributed by atoms with Crippen LogP contribution >= 0.6 is 0 Å². The molecule has 3 aromatic rings. The molecule has 2 N–H and O–H groups in total. The number of hydrogen-bond acceptors (Lipinski definition) is 4. The number of fused-ring (bicyclic) bond motifs is 2. The number of hydrogen-bond donors (Lipinski definition) is 2. The highest BCUT2D eigenvalue weighted by atomic mass is 16.5. The highest BCUT2D eigenvalue weighted by Crippen LogP contribution is 2.37. The van der Waals surface area contributed by atoms with Crippen molar-refractivity contribution in [1.29, 1.82) is 0 Å². The van der Waals surface area contributed by atoms with Crippen molar-refractivity contribution in [3.05, 3.63) is 60.3 Å². The number of amides is 2. The number of carbonyl (C=O) groups is 3. The van der Waals surface area contributed by atoms with Crippen LogP contribution in [0.4, 0.5) is 11.4 Å². The van der Waals surface area contributed by atoms with Crippen molar-refractivity contribution in [2.75, 3.05) is 10.2 Å². The van der Waals surface area contributed by atoms with Crippen molar-refractivity contribution >= 4 is 40.1 Å². The molecule has 1 aliphatic heterocycles. The van der Waals surface area contributed by atoms with E-state index in [1.54, 1.807) is 44.3 Å². The number of esters is 1. The van der Waals surface area contributed by atoms with Crippen LogP contribution in [-0.2, 0) is 14.3 Å². The molecule has 4 rings (SSSR count). The summed E-state index contributed by atoms with van der Waals surface area (Å²) in [5, 5.41) is 3.53. The molecule has 0 fully saturated rings. The number of rotatable bonds is 3. The maximum Gasteiger partial charge on any atom is 0.341 e. The van der Waals surface area contributed by atoms with Gasteiger partial charge in [-0.3, -0.25) is 14.5 Å². The highest BCUT2D eigenvalue weighted by Gasteiger charge is 2.45. The number of ether oxygens (including phenoxy) is 1. The quantitative estimate of drug-likeness (QED) is 0.669. The zero-order valence-corrected chi connectivity index (χ0v) is 16.4. The van der Waals surface area contributed by atoms with Crippen molar-refractivity contribution in [3.8, 4) is 0 Å². The van der Waals surface area contributed by atoms with Crippen molar-refractivity contribution in [1.82, 2.24) is 4.98 Å². The van der Waals surface area contributed by atoms with Crippen LogP contribution < -0.4 is 10.2 Å². The minimum atomic E-state index is -1.13. The molecule has 0 aliphatic carbocycles. The molecule has 1 atom stereocenters. The van der Waals surface area contributed by atoms with E-state index in [2.05, 4.69) is 10.3 Å². The number of carbonyl (C=O) groups excluding carboxylic acids is 3. The van der Waals surface area contributed by atoms with Gasteiger partial charge >= 0.3 is 5.97 Å². The van der Waals surface area contributed by atoms with E-state index in [1.807, 2.05) is 24.3 Å². The smallest absolute Gasteiger partial charge is 0.341 e. The molecule has 0 bridgehead atoms.